The van der Waals surface area contributed by atoms with E-state index in [9.17, 15) is 4.79 Å². The molecule has 0 fully saturated rings. The van der Waals surface area contributed by atoms with Crippen LogP contribution in [0.3, 0.4) is 0 Å². The molecule has 112 valence electrons. The fourth-order valence-electron chi connectivity index (χ4n) is 1.66. The lowest BCUT2D eigenvalue weighted by Gasteiger charge is -2.13. The number of rotatable bonds is 8. The Balaban J connectivity index is 2.65. The summed E-state index contributed by atoms with van der Waals surface area (Å²) in [5.41, 5.74) is 7.40. The summed E-state index contributed by atoms with van der Waals surface area (Å²) < 4.78 is 10.6. The number of carbonyl (C=O) groups is 1. The Morgan fingerprint density at radius 2 is 2.15 bits per heavy atom. The highest BCUT2D eigenvalue weighted by Crippen LogP contribution is 2.26. The highest BCUT2D eigenvalue weighted by Gasteiger charge is 2.09. The molecule has 1 unspecified atom stereocenters. The van der Waals surface area contributed by atoms with Gasteiger partial charge in [0.2, 0.25) is 5.91 Å². The highest BCUT2D eigenvalue weighted by atomic mass is 16.5. The fourth-order valence-corrected chi connectivity index (χ4v) is 1.66. The number of ether oxygens (including phenoxy) is 2. The number of methoxy groups -OCH3 is 1. The fraction of sp³-hybridized carbons (Fsp3) is 0.533. The number of hydrogen-bond acceptors (Lipinski definition) is 4. The van der Waals surface area contributed by atoms with E-state index in [0.29, 0.717) is 37.5 Å². The molecule has 0 aliphatic carbocycles. The van der Waals surface area contributed by atoms with Gasteiger partial charge in [-0.05, 0) is 38.0 Å². The van der Waals surface area contributed by atoms with E-state index in [0.717, 1.165) is 5.56 Å². The molecular weight excluding hydrogens is 256 g/mol. The van der Waals surface area contributed by atoms with Crippen molar-refractivity contribution in [3.63, 3.8) is 0 Å². The van der Waals surface area contributed by atoms with Crippen LogP contribution in [0.4, 0.5) is 5.69 Å². The maximum absolute atomic E-state index is 11.8. The van der Waals surface area contributed by atoms with E-state index in [1.807, 2.05) is 32.0 Å². The van der Waals surface area contributed by atoms with Crippen LogP contribution in [0, 0.1) is 6.92 Å². The number of hydrogen-bond donors (Lipinski definition) is 2. The van der Waals surface area contributed by atoms with Crippen LogP contribution in [0.2, 0.25) is 0 Å². The molecule has 0 heterocycles. The van der Waals surface area contributed by atoms with E-state index in [-0.39, 0.29) is 11.9 Å². The first kappa shape index (κ1) is 16.5. The molecule has 0 bridgehead atoms. The average molecular weight is 280 g/mol. The molecule has 1 atom stereocenters. The predicted octanol–water partition coefficient (Wildman–Crippen LogP) is 2.09. The Labute approximate surface area is 120 Å². The van der Waals surface area contributed by atoms with Crippen LogP contribution < -0.4 is 15.8 Å². The van der Waals surface area contributed by atoms with Crippen molar-refractivity contribution >= 4 is 11.6 Å². The molecule has 0 saturated heterocycles. The van der Waals surface area contributed by atoms with Gasteiger partial charge in [-0.1, -0.05) is 6.07 Å². The van der Waals surface area contributed by atoms with E-state index in [1.54, 1.807) is 7.11 Å². The van der Waals surface area contributed by atoms with Gasteiger partial charge in [0.25, 0.3) is 0 Å². The topological polar surface area (TPSA) is 73.6 Å². The summed E-state index contributed by atoms with van der Waals surface area (Å²) in [6, 6.07) is 5.71. The third-order valence-electron chi connectivity index (χ3n) is 2.78. The van der Waals surface area contributed by atoms with Crippen LogP contribution in [0.25, 0.3) is 0 Å². The molecule has 0 aliphatic heterocycles. The first-order valence-corrected chi connectivity index (χ1v) is 6.80. The number of amides is 1. The Kier molecular flexibility index (Phi) is 7.04. The lowest BCUT2D eigenvalue weighted by molar-refractivity contribution is -0.116. The van der Waals surface area contributed by atoms with Gasteiger partial charge < -0.3 is 20.5 Å². The second kappa shape index (κ2) is 8.55. The van der Waals surface area contributed by atoms with Crippen LogP contribution in [0.15, 0.2) is 18.2 Å². The quantitative estimate of drug-likeness (QED) is 0.715. The van der Waals surface area contributed by atoms with Gasteiger partial charge in [0.05, 0.1) is 12.3 Å². The number of benzene rings is 1. The minimum absolute atomic E-state index is 0.0243. The molecule has 1 rings (SSSR count). The number of anilines is 1. The summed E-state index contributed by atoms with van der Waals surface area (Å²) in [5.74, 6) is 0.610. The molecule has 1 aromatic rings. The van der Waals surface area contributed by atoms with E-state index in [2.05, 4.69) is 5.32 Å². The zero-order valence-electron chi connectivity index (χ0n) is 12.4. The minimum atomic E-state index is -0.0530. The van der Waals surface area contributed by atoms with E-state index in [1.165, 1.54) is 0 Å². The van der Waals surface area contributed by atoms with Crippen molar-refractivity contribution in [3.05, 3.63) is 23.8 Å². The molecule has 3 N–H and O–H groups in total. The molecule has 0 saturated carbocycles. The Morgan fingerprint density at radius 1 is 1.40 bits per heavy atom. The SMILES string of the molecule is COCCOc1cc(C)ccc1NC(=O)CCC(C)N. The molecule has 0 radical (unpaired) electrons. The molecule has 5 nitrogen and oxygen atoms in total. The third-order valence-corrected chi connectivity index (χ3v) is 2.78. The smallest absolute Gasteiger partial charge is 0.224 e. The van der Waals surface area contributed by atoms with Gasteiger partial charge in [-0.15, -0.1) is 0 Å². The highest BCUT2D eigenvalue weighted by molar-refractivity contribution is 5.92. The van der Waals surface area contributed by atoms with Gasteiger partial charge in [-0.3, -0.25) is 4.79 Å². The number of nitrogens with one attached hydrogen (secondary N) is 1. The van der Waals surface area contributed by atoms with Gasteiger partial charge >= 0.3 is 0 Å². The Bertz CT molecular complexity index is 433. The van der Waals surface area contributed by atoms with Gasteiger partial charge in [0.1, 0.15) is 12.4 Å². The van der Waals surface area contributed by atoms with Crippen LogP contribution in [0.5, 0.6) is 5.75 Å². The average Bonchev–Trinajstić information content (AvgIpc) is 2.39. The molecule has 1 amide bonds. The van der Waals surface area contributed by atoms with E-state index < -0.39 is 0 Å². The van der Waals surface area contributed by atoms with Crippen LogP contribution in [-0.4, -0.2) is 32.3 Å². The van der Waals surface area contributed by atoms with Gasteiger partial charge in [0, 0.05) is 19.6 Å². The summed E-state index contributed by atoms with van der Waals surface area (Å²) in [5, 5.41) is 2.86. The molecular formula is C15H24N2O3. The predicted molar refractivity (Wildman–Crippen MR) is 80.1 cm³/mol. The van der Waals surface area contributed by atoms with Gasteiger partial charge in [-0.2, -0.15) is 0 Å². The normalized spacial score (nSPS) is 12.0. The zero-order chi connectivity index (χ0) is 15.0. The lowest BCUT2D eigenvalue weighted by Crippen LogP contribution is -2.19. The van der Waals surface area contributed by atoms with Crippen molar-refractivity contribution in [2.24, 2.45) is 5.73 Å². The number of nitrogens with two attached hydrogens (primary N) is 1. The minimum Gasteiger partial charge on any atom is -0.489 e. The number of aryl methyl sites for hydroxylation is 1. The molecule has 5 heteroatoms. The Hall–Kier alpha value is -1.59. The zero-order valence-corrected chi connectivity index (χ0v) is 12.4. The molecule has 20 heavy (non-hydrogen) atoms. The largest absolute Gasteiger partial charge is 0.489 e. The monoisotopic (exact) mass is 280 g/mol. The van der Waals surface area contributed by atoms with Gasteiger partial charge in [-0.25, -0.2) is 0 Å². The maximum Gasteiger partial charge on any atom is 0.224 e. The standard InChI is InChI=1S/C15H24N2O3/c1-11-4-6-13(14(10-11)20-9-8-19-3)17-15(18)7-5-12(2)16/h4,6,10,12H,5,7-9,16H2,1-3H3,(H,17,18). The maximum atomic E-state index is 11.8. The van der Waals surface area contributed by atoms with Gasteiger partial charge in [0.15, 0.2) is 0 Å². The third kappa shape index (κ3) is 6.04. The van der Waals surface area contributed by atoms with Crippen molar-refractivity contribution in [1.29, 1.82) is 0 Å². The first-order valence-electron chi connectivity index (χ1n) is 6.80. The Morgan fingerprint density at radius 3 is 2.80 bits per heavy atom. The molecule has 0 aromatic heterocycles. The second-order valence-corrected chi connectivity index (χ2v) is 4.91. The van der Waals surface area contributed by atoms with Crippen molar-refractivity contribution in [1.82, 2.24) is 0 Å². The summed E-state index contributed by atoms with van der Waals surface area (Å²) in [4.78, 5) is 11.8. The second-order valence-electron chi connectivity index (χ2n) is 4.91. The van der Waals surface area contributed by atoms with E-state index in [4.69, 9.17) is 15.2 Å². The van der Waals surface area contributed by atoms with Crippen molar-refractivity contribution in [3.8, 4) is 5.75 Å². The summed E-state index contributed by atoms with van der Waals surface area (Å²) >= 11 is 0. The van der Waals surface area contributed by atoms with Crippen molar-refractivity contribution in [2.75, 3.05) is 25.6 Å². The summed E-state index contributed by atoms with van der Waals surface area (Å²) in [6.45, 7) is 4.82. The first-order chi connectivity index (χ1) is 9.52. The lowest BCUT2D eigenvalue weighted by atomic mass is 10.1. The summed E-state index contributed by atoms with van der Waals surface area (Å²) in [7, 11) is 1.62. The molecule has 0 spiro atoms. The van der Waals surface area contributed by atoms with Crippen LogP contribution >= 0.6 is 0 Å². The van der Waals surface area contributed by atoms with Crippen molar-refractivity contribution < 1.29 is 14.3 Å². The molecule has 0 aliphatic rings. The number of carbonyl (C=O) groups excluding carboxylic acids is 1. The summed E-state index contributed by atoms with van der Waals surface area (Å²) in [6.07, 6.45) is 1.07. The van der Waals surface area contributed by atoms with Crippen LogP contribution in [0.1, 0.15) is 25.3 Å². The van der Waals surface area contributed by atoms with Crippen LogP contribution in [-0.2, 0) is 9.53 Å². The molecule has 1 aromatic carbocycles. The van der Waals surface area contributed by atoms with Crippen molar-refractivity contribution in [2.45, 2.75) is 32.7 Å². The van der Waals surface area contributed by atoms with E-state index >= 15 is 0 Å².